The fraction of sp³-hybridized carbons (Fsp3) is 0.143. The molecule has 5 heteroatoms. The number of hydrogen-bond donors (Lipinski definition) is 1. The second-order valence-corrected chi connectivity index (χ2v) is 4.49. The lowest BCUT2D eigenvalue weighted by Crippen LogP contribution is -2.16. The molecule has 1 N–H and O–H groups in total. The molecule has 0 spiro atoms. The summed E-state index contributed by atoms with van der Waals surface area (Å²) < 4.78 is 13.7. The smallest absolute Gasteiger partial charge is 0.311 e. The zero-order chi connectivity index (χ0) is 13.8. The lowest BCUT2D eigenvalue weighted by atomic mass is 9.92. The van der Waals surface area contributed by atoms with Crippen LogP contribution in [0.25, 0.3) is 0 Å². The van der Waals surface area contributed by atoms with Gasteiger partial charge >= 0.3 is 5.97 Å². The van der Waals surface area contributed by atoms with Crippen molar-refractivity contribution in [3.8, 4) is 0 Å². The molecule has 0 bridgehead atoms. The summed E-state index contributed by atoms with van der Waals surface area (Å²) in [5, 5.41) is 9.66. The number of halogens is 2. The summed E-state index contributed by atoms with van der Waals surface area (Å²) in [6.45, 7) is 0. The van der Waals surface area contributed by atoms with Gasteiger partial charge in [0, 0.05) is 18.0 Å². The molecule has 0 aliphatic rings. The number of pyridine rings is 1. The maximum absolute atomic E-state index is 13.7. The Hall–Kier alpha value is -1.94. The molecule has 0 fully saturated rings. The quantitative estimate of drug-likeness (QED) is 0.934. The van der Waals surface area contributed by atoms with E-state index in [1.807, 2.05) is 0 Å². The molecule has 0 amide bonds. The SMILES string of the molecule is O=C(O)C(Cc1ccncc1Cl)c1ccccc1F. The van der Waals surface area contributed by atoms with Crippen LogP contribution in [0, 0.1) is 5.82 Å². The number of aromatic nitrogens is 1. The summed E-state index contributed by atoms with van der Waals surface area (Å²) in [5.41, 5.74) is 0.787. The van der Waals surface area contributed by atoms with E-state index >= 15 is 0 Å². The number of aliphatic carboxylic acids is 1. The summed E-state index contributed by atoms with van der Waals surface area (Å²) in [6, 6.07) is 7.50. The molecule has 1 aromatic heterocycles. The van der Waals surface area contributed by atoms with Gasteiger partial charge in [-0.15, -0.1) is 0 Å². The topological polar surface area (TPSA) is 50.2 Å². The molecule has 0 saturated carbocycles. The van der Waals surface area contributed by atoms with Crippen molar-refractivity contribution in [1.29, 1.82) is 0 Å². The third-order valence-electron chi connectivity index (χ3n) is 2.86. The zero-order valence-electron chi connectivity index (χ0n) is 9.88. The Kier molecular flexibility index (Phi) is 4.12. The van der Waals surface area contributed by atoms with E-state index in [0.717, 1.165) is 0 Å². The van der Waals surface area contributed by atoms with E-state index in [1.165, 1.54) is 30.6 Å². The molecule has 98 valence electrons. The van der Waals surface area contributed by atoms with Crippen LogP contribution in [0.5, 0.6) is 0 Å². The van der Waals surface area contributed by atoms with Gasteiger partial charge in [-0.3, -0.25) is 9.78 Å². The standard InChI is InChI=1S/C14H11ClFNO2/c15-12-8-17-6-5-9(12)7-11(14(18)19)10-3-1-2-4-13(10)16/h1-6,8,11H,7H2,(H,18,19). The Balaban J connectivity index is 2.35. The van der Waals surface area contributed by atoms with E-state index in [9.17, 15) is 14.3 Å². The minimum atomic E-state index is -1.09. The normalized spacial score (nSPS) is 12.1. The van der Waals surface area contributed by atoms with E-state index in [-0.39, 0.29) is 12.0 Å². The molecule has 0 radical (unpaired) electrons. The minimum absolute atomic E-state index is 0.123. The highest BCUT2D eigenvalue weighted by atomic mass is 35.5. The maximum atomic E-state index is 13.7. The highest BCUT2D eigenvalue weighted by molar-refractivity contribution is 6.31. The van der Waals surface area contributed by atoms with Gasteiger partial charge in [0.25, 0.3) is 0 Å². The number of carboxylic acids is 1. The van der Waals surface area contributed by atoms with Gasteiger partial charge in [0.2, 0.25) is 0 Å². The van der Waals surface area contributed by atoms with Crippen LogP contribution in [0.2, 0.25) is 5.02 Å². The Labute approximate surface area is 114 Å². The van der Waals surface area contributed by atoms with Gasteiger partial charge < -0.3 is 5.11 Å². The van der Waals surface area contributed by atoms with E-state index in [4.69, 9.17) is 11.6 Å². The van der Waals surface area contributed by atoms with E-state index in [2.05, 4.69) is 4.98 Å². The van der Waals surface area contributed by atoms with E-state index < -0.39 is 17.7 Å². The van der Waals surface area contributed by atoms with Crippen LogP contribution in [-0.4, -0.2) is 16.1 Å². The van der Waals surface area contributed by atoms with E-state index in [1.54, 1.807) is 12.1 Å². The highest BCUT2D eigenvalue weighted by Crippen LogP contribution is 2.26. The number of carboxylic acid groups (broad SMARTS) is 1. The van der Waals surface area contributed by atoms with Crippen LogP contribution in [0.4, 0.5) is 4.39 Å². The first-order valence-electron chi connectivity index (χ1n) is 5.65. The van der Waals surface area contributed by atoms with Crippen LogP contribution in [0.15, 0.2) is 42.7 Å². The summed E-state index contributed by atoms with van der Waals surface area (Å²) in [6.07, 6.45) is 3.09. The largest absolute Gasteiger partial charge is 0.481 e. The predicted octanol–water partition coefficient (Wildman–Crippen LogP) is 3.29. The molecule has 0 aliphatic carbocycles. The fourth-order valence-corrected chi connectivity index (χ4v) is 2.07. The van der Waals surface area contributed by atoms with Crippen molar-refractivity contribution in [3.63, 3.8) is 0 Å². The Morgan fingerprint density at radius 1 is 1.37 bits per heavy atom. The first kappa shape index (κ1) is 13.5. The van der Waals surface area contributed by atoms with Gasteiger partial charge in [-0.25, -0.2) is 4.39 Å². The highest BCUT2D eigenvalue weighted by Gasteiger charge is 2.24. The Bertz CT molecular complexity index is 604. The molecule has 19 heavy (non-hydrogen) atoms. The average Bonchev–Trinajstić information content (AvgIpc) is 2.38. The second kappa shape index (κ2) is 5.80. The van der Waals surface area contributed by atoms with Crippen LogP contribution in [-0.2, 0) is 11.2 Å². The van der Waals surface area contributed by atoms with Crippen molar-refractivity contribution in [2.75, 3.05) is 0 Å². The van der Waals surface area contributed by atoms with Crippen molar-refractivity contribution in [3.05, 3.63) is 64.7 Å². The first-order valence-corrected chi connectivity index (χ1v) is 6.03. The van der Waals surface area contributed by atoms with Gasteiger partial charge in [-0.05, 0) is 24.1 Å². The third-order valence-corrected chi connectivity index (χ3v) is 3.20. The number of hydrogen-bond acceptors (Lipinski definition) is 2. The van der Waals surface area contributed by atoms with Crippen molar-refractivity contribution in [1.82, 2.24) is 4.98 Å². The summed E-state index contributed by atoms with van der Waals surface area (Å²) >= 11 is 5.95. The molecule has 1 aromatic carbocycles. The molecule has 2 rings (SSSR count). The van der Waals surface area contributed by atoms with Crippen LogP contribution < -0.4 is 0 Å². The lowest BCUT2D eigenvalue weighted by molar-refractivity contribution is -0.138. The Morgan fingerprint density at radius 2 is 2.11 bits per heavy atom. The first-order chi connectivity index (χ1) is 9.09. The monoisotopic (exact) mass is 279 g/mol. The summed E-state index contributed by atoms with van der Waals surface area (Å²) in [5.74, 6) is -2.58. The van der Waals surface area contributed by atoms with Gasteiger partial charge in [0.05, 0.1) is 10.9 Å². The summed E-state index contributed by atoms with van der Waals surface area (Å²) in [7, 11) is 0. The molecule has 1 heterocycles. The molecule has 3 nitrogen and oxygen atoms in total. The third kappa shape index (κ3) is 3.09. The average molecular weight is 280 g/mol. The fourth-order valence-electron chi connectivity index (χ4n) is 1.88. The van der Waals surface area contributed by atoms with Crippen LogP contribution in [0.3, 0.4) is 0 Å². The minimum Gasteiger partial charge on any atom is -0.481 e. The molecule has 1 unspecified atom stereocenters. The van der Waals surface area contributed by atoms with Gasteiger partial charge in [0.15, 0.2) is 0 Å². The lowest BCUT2D eigenvalue weighted by Gasteiger charge is -2.14. The number of rotatable bonds is 4. The Morgan fingerprint density at radius 3 is 2.74 bits per heavy atom. The van der Waals surface area contributed by atoms with Crippen molar-refractivity contribution in [2.45, 2.75) is 12.3 Å². The van der Waals surface area contributed by atoms with Crippen molar-refractivity contribution in [2.24, 2.45) is 0 Å². The zero-order valence-corrected chi connectivity index (χ0v) is 10.6. The molecule has 0 saturated heterocycles. The molecule has 2 aromatic rings. The number of carbonyl (C=O) groups is 1. The number of nitrogens with zero attached hydrogens (tertiary/aromatic N) is 1. The molecular formula is C14H11ClFNO2. The number of benzene rings is 1. The predicted molar refractivity (Wildman–Crippen MR) is 69.7 cm³/mol. The molecule has 0 aliphatic heterocycles. The van der Waals surface area contributed by atoms with E-state index in [0.29, 0.717) is 10.6 Å². The van der Waals surface area contributed by atoms with Crippen LogP contribution >= 0.6 is 11.6 Å². The van der Waals surface area contributed by atoms with Gasteiger partial charge in [-0.1, -0.05) is 29.8 Å². The molecular weight excluding hydrogens is 269 g/mol. The van der Waals surface area contributed by atoms with Gasteiger partial charge in [-0.2, -0.15) is 0 Å². The van der Waals surface area contributed by atoms with Crippen molar-refractivity contribution >= 4 is 17.6 Å². The van der Waals surface area contributed by atoms with Crippen molar-refractivity contribution < 1.29 is 14.3 Å². The molecule has 1 atom stereocenters. The summed E-state index contributed by atoms with van der Waals surface area (Å²) in [4.78, 5) is 15.2. The maximum Gasteiger partial charge on any atom is 0.311 e. The second-order valence-electron chi connectivity index (χ2n) is 4.08. The van der Waals surface area contributed by atoms with Crippen LogP contribution in [0.1, 0.15) is 17.0 Å². The van der Waals surface area contributed by atoms with Gasteiger partial charge in [0.1, 0.15) is 5.82 Å².